The van der Waals surface area contributed by atoms with Crippen molar-refractivity contribution in [3.05, 3.63) is 70.1 Å². The highest BCUT2D eigenvalue weighted by Crippen LogP contribution is 2.29. The van der Waals surface area contributed by atoms with Crippen molar-refractivity contribution in [3.8, 4) is 0 Å². The molecule has 0 bridgehead atoms. The maximum absolute atomic E-state index is 12.6. The zero-order chi connectivity index (χ0) is 18.0. The molecule has 0 atom stereocenters. The number of rotatable bonds is 4. The van der Waals surface area contributed by atoms with Gasteiger partial charge < -0.3 is 9.73 Å². The summed E-state index contributed by atoms with van der Waals surface area (Å²) in [7, 11) is 0. The molecule has 0 aliphatic carbocycles. The van der Waals surface area contributed by atoms with Crippen LogP contribution in [-0.4, -0.2) is 11.7 Å². The molecule has 1 heterocycles. The summed E-state index contributed by atoms with van der Waals surface area (Å²) in [5.74, 6) is -3.13. The van der Waals surface area contributed by atoms with Gasteiger partial charge in [0.25, 0.3) is 11.7 Å². The number of amides is 1. The topological polar surface area (TPSA) is 59.3 Å². The van der Waals surface area contributed by atoms with Crippen LogP contribution in [0.3, 0.4) is 0 Å². The lowest BCUT2D eigenvalue weighted by atomic mass is 10.1. The van der Waals surface area contributed by atoms with E-state index in [4.69, 9.17) is 4.42 Å². The van der Waals surface area contributed by atoms with E-state index in [9.17, 15) is 18.4 Å². The maximum atomic E-state index is 12.6. The Labute approximate surface area is 145 Å². The molecule has 2 aromatic carbocycles. The Morgan fingerprint density at radius 3 is 2.68 bits per heavy atom. The molecule has 25 heavy (non-hydrogen) atoms. The summed E-state index contributed by atoms with van der Waals surface area (Å²) in [4.78, 5) is 24.1. The predicted molar refractivity (Wildman–Crippen MR) is 93.5 cm³/mol. The van der Waals surface area contributed by atoms with Gasteiger partial charge in [-0.1, -0.05) is 23.9 Å². The standard InChI is InChI=1S/C18H13F2NO3S/c1-10-8-16(22)24-14-9-11(6-7-12(10)14)21-17(23)13-4-2-3-5-15(13)25-18(19)20/h2-9,18H,1H3,(H,21,23). The summed E-state index contributed by atoms with van der Waals surface area (Å²) in [6, 6.07) is 12.4. The minimum atomic E-state index is -2.62. The normalized spacial score (nSPS) is 11.0. The van der Waals surface area contributed by atoms with E-state index >= 15 is 0 Å². The number of nitrogens with one attached hydrogen (secondary N) is 1. The highest BCUT2D eigenvalue weighted by molar-refractivity contribution is 7.99. The van der Waals surface area contributed by atoms with Crippen molar-refractivity contribution in [1.29, 1.82) is 0 Å². The number of benzene rings is 2. The van der Waals surface area contributed by atoms with Crippen molar-refractivity contribution in [1.82, 2.24) is 0 Å². The first kappa shape index (κ1) is 17.2. The molecule has 1 amide bonds. The van der Waals surface area contributed by atoms with Gasteiger partial charge in [-0.2, -0.15) is 8.78 Å². The van der Waals surface area contributed by atoms with Gasteiger partial charge in [-0.25, -0.2) is 4.79 Å². The number of hydrogen-bond acceptors (Lipinski definition) is 4. The van der Waals surface area contributed by atoms with Crippen LogP contribution in [0.25, 0.3) is 11.0 Å². The van der Waals surface area contributed by atoms with Crippen molar-refractivity contribution in [2.45, 2.75) is 17.6 Å². The van der Waals surface area contributed by atoms with Crippen molar-refractivity contribution < 1.29 is 18.0 Å². The molecule has 4 nitrogen and oxygen atoms in total. The van der Waals surface area contributed by atoms with Crippen LogP contribution in [0.4, 0.5) is 14.5 Å². The first-order valence-corrected chi connectivity index (χ1v) is 8.22. The van der Waals surface area contributed by atoms with E-state index in [0.717, 1.165) is 10.9 Å². The van der Waals surface area contributed by atoms with Crippen molar-refractivity contribution in [2.75, 3.05) is 5.32 Å². The van der Waals surface area contributed by atoms with Crippen LogP contribution in [0.15, 0.2) is 62.6 Å². The number of alkyl halides is 2. The van der Waals surface area contributed by atoms with Crippen molar-refractivity contribution in [2.24, 2.45) is 0 Å². The fourth-order valence-electron chi connectivity index (χ4n) is 2.45. The highest BCUT2D eigenvalue weighted by atomic mass is 32.2. The van der Waals surface area contributed by atoms with E-state index in [1.165, 1.54) is 24.3 Å². The number of aryl methyl sites for hydroxylation is 1. The van der Waals surface area contributed by atoms with E-state index in [1.807, 2.05) is 0 Å². The van der Waals surface area contributed by atoms with Gasteiger partial charge in [0.1, 0.15) is 5.58 Å². The van der Waals surface area contributed by atoms with E-state index in [0.29, 0.717) is 23.0 Å². The Hall–Kier alpha value is -2.67. The lowest BCUT2D eigenvalue weighted by molar-refractivity contribution is 0.102. The molecule has 1 N–H and O–H groups in total. The molecule has 3 rings (SSSR count). The third-order valence-electron chi connectivity index (χ3n) is 3.56. The van der Waals surface area contributed by atoms with Crippen molar-refractivity contribution >= 4 is 34.3 Å². The maximum Gasteiger partial charge on any atom is 0.336 e. The second-order valence-electron chi connectivity index (χ2n) is 5.29. The molecule has 0 unspecified atom stereocenters. The van der Waals surface area contributed by atoms with Gasteiger partial charge in [0, 0.05) is 28.1 Å². The molecule has 0 spiro atoms. The summed E-state index contributed by atoms with van der Waals surface area (Å²) < 4.78 is 30.4. The Morgan fingerprint density at radius 1 is 1.16 bits per heavy atom. The van der Waals surface area contributed by atoms with Gasteiger partial charge >= 0.3 is 5.63 Å². The van der Waals surface area contributed by atoms with Crippen molar-refractivity contribution in [3.63, 3.8) is 0 Å². The molecule has 0 fully saturated rings. The van der Waals surface area contributed by atoms with Crippen LogP contribution in [0.2, 0.25) is 0 Å². The van der Waals surface area contributed by atoms with Gasteiger partial charge in [0.15, 0.2) is 0 Å². The molecule has 1 aromatic heterocycles. The molecule has 0 aliphatic heterocycles. The van der Waals surface area contributed by atoms with Crippen LogP contribution in [0.5, 0.6) is 0 Å². The molecule has 7 heteroatoms. The molecule has 128 valence electrons. The number of anilines is 1. The van der Waals surface area contributed by atoms with Crippen LogP contribution >= 0.6 is 11.8 Å². The quantitative estimate of drug-likeness (QED) is 0.542. The molecule has 0 saturated heterocycles. The largest absolute Gasteiger partial charge is 0.423 e. The molecule has 0 aliphatic rings. The zero-order valence-corrected chi connectivity index (χ0v) is 13.9. The third-order valence-corrected chi connectivity index (χ3v) is 4.35. The number of hydrogen-bond donors (Lipinski definition) is 1. The minimum Gasteiger partial charge on any atom is -0.423 e. The van der Waals surface area contributed by atoms with Gasteiger partial charge in [-0.05, 0) is 36.8 Å². The second-order valence-corrected chi connectivity index (χ2v) is 6.32. The average Bonchev–Trinajstić information content (AvgIpc) is 2.54. The number of carbonyl (C=O) groups excluding carboxylic acids is 1. The summed E-state index contributed by atoms with van der Waals surface area (Å²) in [6.07, 6.45) is 0. The summed E-state index contributed by atoms with van der Waals surface area (Å²) >= 11 is 0.316. The Kier molecular flexibility index (Phi) is 4.85. The Bertz CT molecular complexity index is 1000. The zero-order valence-electron chi connectivity index (χ0n) is 13.1. The first-order valence-electron chi connectivity index (χ1n) is 7.34. The SMILES string of the molecule is Cc1cc(=O)oc2cc(NC(=O)c3ccccc3SC(F)F)ccc12. The van der Waals surface area contributed by atoms with Gasteiger partial charge in [-0.15, -0.1) is 0 Å². The van der Waals surface area contributed by atoms with Crippen LogP contribution in [-0.2, 0) is 0 Å². The lowest BCUT2D eigenvalue weighted by Gasteiger charge is -2.10. The van der Waals surface area contributed by atoms with E-state index in [2.05, 4.69) is 5.32 Å². The number of carbonyl (C=O) groups is 1. The molecule has 3 aromatic rings. The fourth-order valence-corrected chi connectivity index (χ4v) is 3.09. The average molecular weight is 361 g/mol. The number of halogens is 2. The number of fused-ring (bicyclic) bond motifs is 1. The Morgan fingerprint density at radius 2 is 1.92 bits per heavy atom. The smallest absolute Gasteiger partial charge is 0.336 e. The van der Waals surface area contributed by atoms with Gasteiger partial charge in [0.2, 0.25) is 0 Å². The lowest BCUT2D eigenvalue weighted by Crippen LogP contribution is -2.13. The van der Waals surface area contributed by atoms with E-state index < -0.39 is 17.3 Å². The van der Waals surface area contributed by atoms with E-state index in [1.54, 1.807) is 31.2 Å². The van der Waals surface area contributed by atoms with E-state index in [-0.39, 0.29) is 10.5 Å². The fraction of sp³-hybridized carbons (Fsp3) is 0.111. The van der Waals surface area contributed by atoms with Crippen LogP contribution < -0.4 is 10.9 Å². The summed E-state index contributed by atoms with van der Waals surface area (Å²) in [5, 5.41) is 3.40. The molecular weight excluding hydrogens is 348 g/mol. The third kappa shape index (κ3) is 3.88. The number of thioether (sulfide) groups is 1. The molecular formula is C18H13F2NO3S. The van der Waals surface area contributed by atoms with Gasteiger partial charge in [0.05, 0.1) is 5.56 Å². The summed E-state index contributed by atoms with van der Waals surface area (Å²) in [6.45, 7) is 1.79. The first-order chi connectivity index (χ1) is 11.9. The highest BCUT2D eigenvalue weighted by Gasteiger charge is 2.15. The monoisotopic (exact) mass is 361 g/mol. The molecule has 0 radical (unpaired) electrons. The summed E-state index contributed by atoms with van der Waals surface area (Å²) in [5.41, 5.74) is 1.19. The van der Waals surface area contributed by atoms with Gasteiger partial charge in [-0.3, -0.25) is 4.79 Å². The van der Waals surface area contributed by atoms with Crippen LogP contribution in [0, 0.1) is 6.92 Å². The second kappa shape index (κ2) is 7.06. The predicted octanol–water partition coefficient (Wildman–Crippen LogP) is 4.67. The Balaban J connectivity index is 1.91. The molecule has 0 saturated carbocycles. The van der Waals surface area contributed by atoms with Crippen LogP contribution in [0.1, 0.15) is 15.9 Å². The minimum absolute atomic E-state index is 0.151.